The highest BCUT2D eigenvalue weighted by Crippen LogP contribution is 2.45. The van der Waals surface area contributed by atoms with Gasteiger partial charge in [-0.1, -0.05) is 12.1 Å². The number of allylic oxidation sites excluding steroid dienone is 1. The smallest absolute Gasteiger partial charge is 0.324 e. The number of imide groups is 1. The summed E-state index contributed by atoms with van der Waals surface area (Å²) < 4.78 is 0. The summed E-state index contributed by atoms with van der Waals surface area (Å²) in [5.74, 6) is -0.634. The van der Waals surface area contributed by atoms with Crippen LogP contribution in [0.3, 0.4) is 0 Å². The molecule has 3 aliphatic rings. The van der Waals surface area contributed by atoms with Gasteiger partial charge in [0.25, 0.3) is 11.8 Å². The monoisotopic (exact) mass is 468 g/mol. The van der Waals surface area contributed by atoms with E-state index in [2.05, 4.69) is 17.5 Å². The van der Waals surface area contributed by atoms with Gasteiger partial charge >= 0.3 is 6.03 Å². The van der Waals surface area contributed by atoms with Crippen LogP contribution in [0.15, 0.2) is 45.7 Å². The first-order valence-electron chi connectivity index (χ1n) is 10.7. The third-order valence-corrected chi connectivity index (χ3v) is 7.95. The number of amides is 4. The zero-order valence-corrected chi connectivity index (χ0v) is 19.5. The first kappa shape index (κ1) is 21.1. The van der Waals surface area contributed by atoms with E-state index >= 15 is 0 Å². The minimum atomic E-state index is -1.01. The van der Waals surface area contributed by atoms with Gasteiger partial charge in [-0.15, -0.1) is 22.7 Å². The molecule has 166 valence electrons. The second-order valence-corrected chi connectivity index (χ2v) is 10.8. The summed E-state index contributed by atoms with van der Waals surface area (Å²) in [5, 5.41) is 13.0. The SMILES string of the molecule is CC1(C)NC(=O)N(CC(=O)N2N=C3/C(=C/c4cccs4)CCCC3C2c2cccs2)C1=O. The highest BCUT2D eigenvalue weighted by molar-refractivity contribution is 7.11. The molecule has 2 atom stereocenters. The third kappa shape index (κ3) is 3.59. The van der Waals surface area contributed by atoms with E-state index < -0.39 is 17.5 Å². The lowest BCUT2D eigenvalue weighted by molar-refractivity contribution is -0.139. The number of fused-ring (bicyclic) bond motifs is 1. The Labute approximate surface area is 194 Å². The Bertz CT molecular complexity index is 1120. The molecule has 0 bridgehead atoms. The minimum Gasteiger partial charge on any atom is -0.324 e. The molecule has 5 rings (SSSR count). The molecule has 2 fully saturated rings. The molecule has 2 aliphatic heterocycles. The van der Waals surface area contributed by atoms with Crippen LogP contribution in [0.2, 0.25) is 0 Å². The molecular formula is C23H24N4O3S2. The van der Waals surface area contributed by atoms with Crippen molar-refractivity contribution >= 4 is 52.3 Å². The summed E-state index contributed by atoms with van der Waals surface area (Å²) in [4.78, 5) is 41.6. The molecule has 0 spiro atoms. The summed E-state index contributed by atoms with van der Waals surface area (Å²) in [5.41, 5.74) is 1.11. The van der Waals surface area contributed by atoms with Gasteiger partial charge in [-0.2, -0.15) is 5.10 Å². The number of nitrogens with one attached hydrogen (secondary N) is 1. The molecule has 1 N–H and O–H groups in total. The van der Waals surface area contributed by atoms with E-state index in [1.165, 1.54) is 9.89 Å². The normalized spacial score (nSPS) is 25.8. The van der Waals surface area contributed by atoms with E-state index in [4.69, 9.17) is 5.10 Å². The van der Waals surface area contributed by atoms with Gasteiger partial charge in [0, 0.05) is 15.7 Å². The first-order valence-corrected chi connectivity index (χ1v) is 12.4. The number of hydrazone groups is 1. The average molecular weight is 469 g/mol. The van der Waals surface area contributed by atoms with Gasteiger partial charge < -0.3 is 5.32 Å². The Kier molecular flexibility index (Phi) is 5.25. The fourth-order valence-electron chi connectivity index (χ4n) is 4.66. The predicted octanol–water partition coefficient (Wildman–Crippen LogP) is 4.26. The number of carbonyl (C=O) groups is 3. The molecule has 32 heavy (non-hydrogen) atoms. The standard InChI is InChI=1S/C23H24N4O3S2/c1-23(2)21(29)26(22(30)24-23)13-18(28)27-20(17-9-5-11-32-17)16-8-3-6-14(19(16)25-27)12-15-7-4-10-31-15/h4-5,7,9-12,16,20H,3,6,8,13H2,1-2H3,(H,24,30)/b14-12+. The number of carbonyl (C=O) groups excluding carboxylic acids is 3. The molecule has 2 unspecified atom stereocenters. The third-order valence-electron chi connectivity index (χ3n) is 6.19. The quantitative estimate of drug-likeness (QED) is 0.681. The first-order chi connectivity index (χ1) is 15.3. The number of nitrogens with zero attached hydrogens (tertiary/aromatic N) is 3. The summed E-state index contributed by atoms with van der Waals surface area (Å²) in [6.07, 6.45) is 5.08. The van der Waals surface area contributed by atoms with Crippen LogP contribution in [0.4, 0.5) is 4.79 Å². The molecule has 0 radical (unpaired) electrons. The molecule has 2 aromatic heterocycles. The number of urea groups is 1. The second kappa shape index (κ2) is 7.97. The van der Waals surface area contributed by atoms with Gasteiger partial charge in [0.15, 0.2) is 0 Å². The van der Waals surface area contributed by atoms with Gasteiger partial charge in [0.05, 0.1) is 11.8 Å². The van der Waals surface area contributed by atoms with Crippen molar-refractivity contribution in [2.45, 2.75) is 44.7 Å². The van der Waals surface area contributed by atoms with Crippen molar-refractivity contribution in [1.29, 1.82) is 0 Å². The van der Waals surface area contributed by atoms with E-state index in [0.29, 0.717) is 0 Å². The van der Waals surface area contributed by atoms with Gasteiger partial charge in [-0.25, -0.2) is 9.80 Å². The molecule has 1 aliphatic carbocycles. The van der Waals surface area contributed by atoms with Crippen LogP contribution in [0, 0.1) is 5.92 Å². The maximum Gasteiger partial charge on any atom is 0.325 e. The number of rotatable bonds is 4. The van der Waals surface area contributed by atoms with Crippen molar-refractivity contribution in [3.8, 4) is 0 Å². The van der Waals surface area contributed by atoms with Crippen LogP contribution in [-0.2, 0) is 9.59 Å². The Morgan fingerprint density at radius 3 is 2.69 bits per heavy atom. The van der Waals surface area contributed by atoms with Crippen LogP contribution in [0.1, 0.15) is 48.9 Å². The fourth-order valence-corrected chi connectivity index (χ4v) is 6.22. The largest absolute Gasteiger partial charge is 0.325 e. The van der Waals surface area contributed by atoms with Crippen molar-refractivity contribution in [2.75, 3.05) is 6.54 Å². The lowest BCUT2D eigenvalue weighted by Crippen LogP contribution is -2.43. The average Bonchev–Trinajstić information content (AvgIpc) is 3.52. The maximum absolute atomic E-state index is 13.4. The zero-order chi connectivity index (χ0) is 22.5. The minimum absolute atomic E-state index is 0.108. The molecule has 4 amide bonds. The molecule has 9 heteroatoms. The van der Waals surface area contributed by atoms with Gasteiger partial charge in [0.1, 0.15) is 12.1 Å². The molecule has 0 aromatic carbocycles. The van der Waals surface area contributed by atoms with Gasteiger partial charge in [-0.3, -0.25) is 14.5 Å². The molecule has 7 nitrogen and oxygen atoms in total. The Morgan fingerprint density at radius 1 is 1.25 bits per heavy atom. The molecule has 2 aromatic rings. The van der Waals surface area contributed by atoms with Crippen LogP contribution in [0.25, 0.3) is 6.08 Å². The van der Waals surface area contributed by atoms with E-state index in [1.54, 1.807) is 36.5 Å². The Morgan fingerprint density at radius 2 is 2.03 bits per heavy atom. The van der Waals surface area contributed by atoms with Crippen molar-refractivity contribution in [3.63, 3.8) is 0 Å². The van der Waals surface area contributed by atoms with Crippen LogP contribution < -0.4 is 5.32 Å². The van der Waals surface area contributed by atoms with Crippen LogP contribution >= 0.6 is 22.7 Å². The fraction of sp³-hybridized carbons (Fsp3) is 0.391. The zero-order valence-electron chi connectivity index (χ0n) is 17.9. The van der Waals surface area contributed by atoms with Crippen molar-refractivity contribution in [2.24, 2.45) is 11.0 Å². The summed E-state index contributed by atoms with van der Waals surface area (Å²) in [7, 11) is 0. The van der Waals surface area contributed by atoms with E-state index in [-0.39, 0.29) is 24.4 Å². The van der Waals surface area contributed by atoms with E-state index in [1.807, 2.05) is 29.0 Å². The summed E-state index contributed by atoms with van der Waals surface area (Å²) in [6.45, 7) is 2.96. The molecular weight excluding hydrogens is 444 g/mol. The van der Waals surface area contributed by atoms with Crippen molar-refractivity contribution in [1.82, 2.24) is 15.2 Å². The number of hydrogen-bond acceptors (Lipinski definition) is 6. The van der Waals surface area contributed by atoms with E-state index in [0.717, 1.165) is 40.3 Å². The lowest BCUT2D eigenvalue weighted by Gasteiger charge is -2.29. The summed E-state index contributed by atoms with van der Waals surface area (Å²) in [6, 6.07) is 7.36. The molecule has 1 saturated carbocycles. The predicted molar refractivity (Wildman–Crippen MR) is 125 cm³/mol. The van der Waals surface area contributed by atoms with Gasteiger partial charge in [-0.05, 0) is 67.7 Å². The van der Waals surface area contributed by atoms with Crippen molar-refractivity contribution in [3.05, 3.63) is 50.4 Å². The lowest BCUT2D eigenvalue weighted by atomic mass is 9.79. The number of thiophene rings is 2. The topological polar surface area (TPSA) is 82.1 Å². The Hall–Kier alpha value is -2.78. The molecule has 4 heterocycles. The van der Waals surface area contributed by atoms with Crippen molar-refractivity contribution < 1.29 is 14.4 Å². The van der Waals surface area contributed by atoms with Crippen LogP contribution in [0.5, 0.6) is 0 Å². The highest BCUT2D eigenvalue weighted by Gasteiger charge is 2.48. The second-order valence-electron chi connectivity index (χ2n) is 8.81. The highest BCUT2D eigenvalue weighted by atomic mass is 32.1. The maximum atomic E-state index is 13.4. The summed E-state index contributed by atoms with van der Waals surface area (Å²) >= 11 is 3.28. The number of hydrogen-bond donors (Lipinski definition) is 1. The molecule has 1 saturated heterocycles. The Balaban J connectivity index is 1.48. The van der Waals surface area contributed by atoms with Gasteiger partial charge in [0.2, 0.25) is 0 Å². The van der Waals surface area contributed by atoms with Crippen LogP contribution in [-0.4, -0.2) is 45.5 Å². The van der Waals surface area contributed by atoms with E-state index in [9.17, 15) is 14.4 Å².